The molecule has 106 valence electrons. The van der Waals surface area contributed by atoms with E-state index in [-0.39, 0.29) is 5.41 Å². The van der Waals surface area contributed by atoms with E-state index in [1.807, 2.05) is 11.3 Å². The van der Waals surface area contributed by atoms with Crippen LogP contribution in [0, 0.1) is 12.3 Å². The van der Waals surface area contributed by atoms with E-state index in [9.17, 15) is 9.90 Å². The summed E-state index contributed by atoms with van der Waals surface area (Å²) in [6.45, 7) is 2.12. The number of hydrogen-bond acceptors (Lipinski definition) is 2. The van der Waals surface area contributed by atoms with Crippen LogP contribution in [0.3, 0.4) is 0 Å². The molecule has 2 nitrogen and oxygen atoms in total. The van der Waals surface area contributed by atoms with Crippen LogP contribution in [0.2, 0.25) is 0 Å². The van der Waals surface area contributed by atoms with Crippen molar-refractivity contribution in [1.82, 2.24) is 0 Å². The molecule has 1 heterocycles. The highest BCUT2D eigenvalue weighted by Gasteiger charge is 2.34. The van der Waals surface area contributed by atoms with E-state index in [1.165, 1.54) is 33.5 Å². The monoisotopic (exact) mass is 344 g/mol. The first kappa shape index (κ1) is 15.0. The molecule has 0 amide bonds. The molecule has 4 heteroatoms. The van der Waals surface area contributed by atoms with Crippen LogP contribution >= 0.6 is 27.3 Å². The van der Waals surface area contributed by atoms with Gasteiger partial charge in [0.05, 0.1) is 6.42 Å². The molecule has 0 saturated heterocycles. The summed E-state index contributed by atoms with van der Waals surface area (Å²) in [6, 6.07) is 2.19. The first-order chi connectivity index (χ1) is 9.01. The quantitative estimate of drug-likeness (QED) is 0.799. The van der Waals surface area contributed by atoms with Crippen molar-refractivity contribution in [2.45, 2.75) is 58.3 Å². The Morgan fingerprint density at radius 1 is 1.42 bits per heavy atom. The van der Waals surface area contributed by atoms with Gasteiger partial charge in [-0.1, -0.05) is 19.3 Å². The molecule has 1 N–H and O–H groups in total. The lowest BCUT2D eigenvalue weighted by Gasteiger charge is -2.36. The summed E-state index contributed by atoms with van der Waals surface area (Å²) in [5.74, 6) is -0.634. The number of thiophene rings is 1. The van der Waals surface area contributed by atoms with Crippen molar-refractivity contribution in [3.63, 3.8) is 0 Å². The number of carboxylic acid groups (broad SMARTS) is 1. The summed E-state index contributed by atoms with van der Waals surface area (Å²) in [6.07, 6.45) is 8.22. The summed E-state index contributed by atoms with van der Waals surface area (Å²) in [5.41, 5.74) is 0.0501. The maximum atomic E-state index is 11.1. The smallest absolute Gasteiger partial charge is 0.303 e. The fourth-order valence-corrected chi connectivity index (χ4v) is 4.77. The van der Waals surface area contributed by atoms with Crippen molar-refractivity contribution in [2.24, 2.45) is 5.41 Å². The van der Waals surface area contributed by atoms with Gasteiger partial charge in [-0.05, 0) is 60.0 Å². The van der Waals surface area contributed by atoms with Crippen LogP contribution in [0.4, 0.5) is 0 Å². The molecule has 1 saturated carbocycles. The van der Waals surface area contributed by atoms with Gasteiger partial charge in [-0.25, -0.2) is 0 Å². The van der Waals surface area contributed by atoms with Crippen LogP contribution in [0.5, 0.6) is 0 Å². The lowest BCUT2D eigenvalue weighted by molar-refractivity contribution is -0.140. The standard InChI is InChI=1S/C15H21BrO2S/c1-11-13(16)9-12(19-11)5-8-15(10-14(17)18)6-3-2-4-7-15/h9H,2-8,10H2,1H3,(H,17,18). The molecule has 0 spiro atoms. The normalized spacial score (nSPS) is 18.4. The Hall–Kier alpha value is -0.350. The van der Waals surface area contributed by atoms with Crippen LogP contribution in [0.1, 0.15) is 54.7 Å². The lowest BCUT2D eigenvalue weighted by atomic mass is 9.69. The highest BCUT2D eigenvalue weighted by molar-refractivity contribution is 9.10. The van der Waals surface area contributed by atoms with Gasteiger partial charge in [-0.3, -0.25) is 4.79 Å². The summed E-state index contributed by atoms with van der Waals surface area (Å²) in [4.78, 5) is 13.8. The van der Waals surface area contributed by atoms with Crippen molar-refractivity contribution in [3.05, 3.63) is 20.3 Å². The number of carbonyl (C=O) groups is 1. The van der Waals surface area contributed by atoms with E-state index in [0.717, 1.165) is 25.7 Å². The predicted octanol–water partition coefficient (Wildman–Crippen LogP) is 5.18. The van der Waals surface area contributed by atoms with Crippen molar-refractivity contribution in [2.75, 3.05) is 0 Å². The van der Waals surface area contributed by atoms with Gasteiger partial charge in [-0.15, -0.1) is 11.3 Å². The van der Waals surface area contributed by atoms with Crippen LogP contribution in [0.15, 0.2) is 10.5 Å². The molecule has 1 aromatic rings. The van der Waals surface area contributed by atoms with E-state index in [2.05, 4.69) is 28.9 Å². The van der Waals surface area contributed by atoms with E-state index in [4.69, 9.17) is 0 Å². The van der Waals surface area contributed by atoms with Gasteiger partial charge >= 0.3 is 5.97 Å². The second-order valence-electron chi connectivity index (χ2n) is 5.75. The first-order valence-electron chi connectivity index (χ1n) is 6.97. The average molecular weight is 345 g/mol. The highest BCUT2D eigenvalue weighted by Crippen LogP contribution is 2.43. The molecule has 1 aliphatic carbocycles. The number of hydrogen-bond donors (Lipinski definition) is 1. The topological polar surface area (TPSA) is 37.3 Å². The van der Waals surface area contributed by atoms with E-state index in [1.54, 1.807) is 0 Å². The molecular weight excluding hydrogens is 324 g/mol. The highest BCUT2D eigenvalue weighted by atomic mass is 79.9. The summed E-state index contributed by atoms with van der Waals surface area (Å²) < 4.78 is 1.18. The molecule has 1 fully saturated rings. The molecular formula is C15H21BrO2S. The third-order valence-electron chi connectivity index (χ3n) is 4.25. The second kappa shape index (κ2) is 6.40. The van der Waals surface area contributed by atoms with E-state index >= 15 is 0 Å². The molecule has 1 aliphatic rings. The van der Waals surface area contributed by atoms with Crippen LogP contribution in [0.25, 0.3) is 0 Å². The Morgan fingerprint density at radius 3 is 2.63 bits per heavy atom. The largest absolute Gasteiger partial charge is 0.481 e. The fourth-order valence-electron chi connectivity index (χ4n) is 3.17. The SMILES string of the molecule is Cc1sc(CCC2(CC(=O)O)CCCCC2)cc1Br. The Balaban J connectivity index is 2.01. The van der Waals surface area contributed by atoms with Crippen LogP contribution < -0.4 is 0 Å². The minimum absolute atomic E-state index is 0.0501. The fraction of sp³-hybridized carbons (Fsp3) is 0.667. The maximum absolute atomic E-state index is 11.1. The van der Waals surface area contributed by atoms with Gasteiger partial charge < -0.3 is 5.11 Å². The number of aryl methyl sites for hydroxylation is 2. The van der Waals surface area contributed by atoms with Crippen molar-refractivity contribution < 1.29 is 9.90 Å². The molecule has 1 aromatic heterocycles. The minimum Gasteiger partial charge on any atom is -0.481 e. The zero-order valence-electron chi connectivity index (χ0n) is 11.4. The van der Waals surface area contributed by atoms with Crippen molar-refractivity contribution in [3.8, 4) is 0 Å². The Labute approximate surface area is 127 Å². The molecule has 19 heavy (non-hydrogen) atoms. The Morgan fingerprint density at radius 2 is 2.11 bits per heavy atom. The first-order valence-corrected chi connectivity index (χ1v) is 8.58. The van der Waals surface area contributed by atoms with Gasteiger partial charge in [0.25, 0.3) is 0 Å². The minimum atomic E-state index is -0.634. The Kier molecular flexibility index (Phi) is 5.07. The Bertz CT molecular complexity index is 427. The molecule has 0 aliphatic heterocycles. The summed E-state index contributed by atoms with van der Waals surface area (Å²) in [5, 5.41) is 9.17. The molecule has 0 unspecified atom stereocenters. The van der Waals surface area contributed by atoms with Gasteiger partial charge in [-0.2, -0.15) is 0 Å². The van der Waals surface area contributed by atoms with Crippen LogP contribution in [-0.4, -0.2) is 11.1 Å². The molecule has 0 radical (unpaired) electrons. The third-order valence-corrected chi connectivity index (χ3v) is 6.45. The number of carboxylic acids is 1. The lowest BCUT2D eigenvalue weighted by Crippen LogP contribution is -2.28. The van der Waals surface area contributed by atoms with Gasteiger partial charge in [0, 0.05) is 14.2 Å². The summed E-state index contributed by atoms with van der Waals surface area (Å²) in [7, 11) is 0. The predicted molar refractivity (Wildman–Crippen MR) is 82.8 cm³/mol. The number of rotatable bonds is 5. The summed E-state index contributed by atoms with van der Waals surface area (Å²) >= 11 is 5.38. The third kappa shape index (κ3) is 4.06. The second-order valence-corrected chi connectivity index (χ2v) is 7.94. The van der Waals surface area contributed by atoms with Gasteiger partial charge in [0.2, 0.25) is 0 Å². The molecule has 0 bridgehead atoms. The van der Waals surface area contributed by atoms with Gasteiger partial charge in [0.15, 0.2) is 0 Å². The average Bonchev–Trinajstić information content (AvgIpc) is 2.67. The molecule has 0 aromatic carbocycles. The van der Waals surface area contributed by atoms with Crippen molar-refractivity contribution >= 4 is 33.2 Å². The molecule has 0 atom stereocenters. The van der Waals surface area contributed by atoms with E-state index in [0.29, 0.717) is 6.42 Å². The zero-order chi connectivity index (χ0) is 13.9. The van der Waals surface area contributed by atoms with Crippen LogP contribution in [-0.2, 0) is 11.2 Å². The zero-order valence-corrected chi connectivity index (χ0v) is 13.8. The molecule has 2 rings (SSSR count). The van der Waals surface area contributed by atoms with E-state index < -0.39 is 5.97 Å². The number of aliphatic carboxylic acids is 1. The van der Waals surface area contributed by atoms with Gasteiger partial charge in [0.1, 0.15) is 0 Å². The maximum Gasteiger partial charge on any atom is 0.303 e. The van der Waals surface area contributed by atoms with Crippen molar-refractivity contribution in [1.29, 1.82) is 0 Å². The number of halogens is 1.